The van der Waals surface area contributed by atoms with Crippen molar-refractivity contribution in [3.8, 4) is 12.3 Å². The van der Waals surface area contributed by atoms with E-state index in [9.17, 15) is 0 Å². The molecule has 2 aromatic rings. The van der Waals surface area contributed by atoms with Crippen LogP contribution in [-0.2, 0) is 12.8 Å². The van der Waals surface area contributed by atoms with Crippen LogP contribution in [0.4, 0.5) is 0 Å². The van der Waals surface area contributed by atoms with Crippen LogP contribution in [-0.4, -0.2) is 0 Å². The van der Waals surface area contributed by atoms with Crippen molar-refractivity contribution in [2.75, 3.05) is 0 Å². The van der Waals surface area contributed by atoms with Gasteiger partial charge in [-0.05, 0) is 42.4 Å². The summed E-state index contributed by atoms with van der Waals surface area (Å²) in [5.41, 5.74) is 3.97. The van der Waals surface area contributed by atoms with Crippen molar-refractivity contribution in [3.63, 3.8) is 0 Å². The van der Waals surface area contributed by atoms with E-state index in [1.54, 1.807) is 0 Å². The summed E-state index contributed by atoms with van der Waals surface area (Å²) < 4.78 is 0. The van der Waals surface area contributed by atoms with Crippen molar-refractivity contribution in [2.24, 2.45) is 5.92 Å². The molecule has 0 aliphatic carbocycles. The maximum absolute atomic E-state index is 5.14. The molecule has 0 bridgehead atoms. The van der Waals surface area contributed by atoms with Gasteiger partial charge in [-0.2, -0.15) is 0 Å². The average molecular weight is 304 g/mol. The number of aryl methyl sites for hydroxylation is 2. The summed E-state index contributed by atoms with van der Waals surface area (Å²) >= 11 is 0. The van der Waals surface area contributed by atoms with E-state index in [1.807, 2.05) is 6.08 Å². The molecular formula is C23H28. The molecule has 120 valence electrons. The number of hydrogen-bond donors (Lipinski definition) is 0. The summed E-state index contributed by atoms with van der Waals surface area (Å²) in [7, 11) is 0. The van der Waals surface area contributed by atoms with Gasteiger partial charge in [0.2, 0.25) is 0 Å². The molecule has 0 unspecified atom stereocenters. The van der Waals surface area contributed by atoms with Crippen LogP contribution in [0, 0.1) is 18.3 Å². The van der Waals surface area contributed by atoms with Gasteiger partial charge in [-0.1, -0.05) is 81.1 Å². The molecule has 0 aromatic heterocycles. The molecule has 0 atom stereocenters. The van der Waals surface area contributed by atoms with Gasteiger partial charge >= 0.3 is 0 Å². The fourth-order valence-electron chi connectivity index (χ4n) is 2.28. The second-order valence-corrected chi connectivity index (χ2v) is 5.61. The van der Waals surface area contributed by atoms with E-state index in [1.165, 1.54) is 16.7 Å². The van der Waals surface area contributed by atoms with Crippen LogP contribution < -0.4 is 0 Å². The van der Waals surface area contributed by atoms with Crippen LogP contribution in [0.3, 0.4) is 0 Å². The molecule has 0 radical (unpaired) electrons. The van der Waals surface area contributed by atoms with E-state index in [0.717, 1.165) is 25.7 Å². The lowest BCUT2D eigenvalue weighted by Gasteiger charge is -2.02. The molecule has 0 aliphatic rings. The fourth-order valence-corrected chi connectivity index (χ4v) is 2.28. The Kier molecular flexibility index (Phi) is 9.25. The van der Waals surface area contributed by atoms with Gasteiger partial charge in [0.1, 0.15) is 0 Å². The highest BCUT2D eigenvalue weighted by molar-refractivity contribution is 5.47. The lowest BCUT2D eigenvalue weighted by Crippen LogP contribution is -1.90. The maximum atomic E-state index is 5.14. The first kappa shape index (κ1) is 18.8. The maximum Gasteiger partial charge on any atom is 0.0195 e. The SMILES string of the molecule is C#CC(CC)CC.C=Cc1ccc(CCc2ccccc2)cc1. The quantitative estimate of drug-likeness (QED) is 0.560. The molecule has 0 N–H and O–H groups in total. The molecule has 0 heterocycles. The third-order valence-electron chi connectivity index (χ3n) is 3.98. The monoisotopic (exact) mass is 304 g/mol. The minimum atomic E-state index is 0.514. The Bertz CT molecular complexity index is 580. The van der Waals surface area contributed by atoms with E-state index < -0.39 is 0 Å². The number of terminal acetylenes is 1. The van der Waals surface area contributed by atoms with Crippen molar-refractivity contribution in [3.05, 3.63) is 77.9 Å². The molecule has 0 fully saturated rings. The van der Waals surface area contributed by atoms with Gasteiger partial charge < -0.3 is 0 Å². The normalized spacial score (nSPS) is 9.65. The zero-order valence-electron chi connectivity index (χ0n) is 14.5. The van der Waals surface area contributed by atoms with Crippen LogP contribution in [0.5, 0.6) is 0 Å². The van der Waals surface area contributed by atoms with Gasteiger partial charge in [0.25, 0.3) is 0 Å². The van der Waals surface area contributed by atoms with E-state index in [2.05, 4.69) is 80.9 Å². The zero-order chi connectivity index (χ0) is 16.9. The summed E-state index contributed by atoms with van der Waals surface area (Å²) in [6.45, 7) is 7.99. The molecule has 23 heavy (non-hydrogen) atoms. The summed E-state index contributed by atoms with van der Waals surface area (Å²) in [6.07, 6.45) is 11.5. The summed E-state index contributed by atoms with van der Waals surface area (Å²) in [6, 6.07) is 19.2. The first-order chi connectivity index (χ1) is 11.2. The van der Waals surface area contributed by atoms with Gasteiger partial charge in [0.15, 0.2) is 0 Å². The molecule has 0 spiro atoms. The van der Waals surface area contributed by atoms with Crippen molar-refractivity contribution < 1.29 is 0 Å². The standard InChI is InChI=1S/C16H16.C7H12/c1-2-14-8-10-16(11-9-14)13-12-15-6-4-3-5-7-15;1-4-7(5-2)6-3/h2-11H,1,12-13H2;1,7H,5-6H2,2-3H3. The summed E-state index contributed by atoms with van der Waals surface area (Å²) in [4.78, 5) is 0. The predicted octanol–water partition coefficient (Wildman–Crippen LogP) is 6.17. The van der Waals surface area contributed by atoms with Gasteiger partial charge in [-0.15, -0.1) is 12.3 Å². The Morgan fingerprint density at radius 1 is 0.913 bits per heavy atom. The number of benzene rings is 2. The Labute approximate surface area is 142 Å². The van der Waals surface area contributed by atoms with Crippen LogP contribution in [0.2, 0.25) is 0 Å². The fraction of sp³-hybridized carbons (Fsp3) is 0.304. The van der Waals surface area contributed by atoms with Crippen molar-refractivity contribution >= 4 is 6.08 Å². The summed E-state index contributed by atoms with van der Waals surface area (Å²) in [5.74, 6) is 3.22. The third-order valence-corrected chi connectivity index (χ3v) is 3.98. The van der Waals surface area contributed by atoms with E-state index >= 15 is 0 Å². The van der Waals surface area contributed by atoms with Crippen molar-refractivity contribution in [1.82, 2.24) is 0 Å². The van der Waals surface area contributed by atoms with Gasteiger partial charge in [0.05, 0.1) is 0 Å². The largest absolute Gasteiger partial charge is 0.120 e. The van der Waals surface area contributed by atoms with Crippen molar-refractivity contribution in [1.29, 1.82) is 0 Å². The molecule has 2 rings (SSSR count). The first-order valence-electron chi connectivity index (χ1n) is 8.44. The number of hydrogen-bond acceptors (Lipinski definition) is 0. The molecule has 0 saturated carbocycles. The van der Waals surface area contributed by atoms with E-state index in [0.29, 0.717) is 5.92 Å². The molecule has 0 aliphatic heterocycles. The van der Waals surface area contributed by atoms with Crippen LogP contribution in [0.15, 0.2) is 61.2 Å². The average Bonchev–Trinajstić information content (AvgIpc) is 2.63. The highest BCUT2D eigenvalue weighted by atomic mass is 14.0. The third kappa shape index (κ3) is 7.52. The van der Waals surface area contributed by atoms with E-state index in [4.69, 9.17) is 6.42 Å². The molecule has 0 saturated heterocycles. The lowest BCUT2D eigenvalue weighted by atomic mass is 10.0. The lowest BCUT2D eigenvalue weighted by molar-refractivity contribution is 0.628. The Balaban J connectivity index is 0.000000322. The van der Waals surface area contributed by atoms with Crippen LogP contribution in [0.25, 0.3) is 6.08 Å². The highest BCUT2D eigenvalue weighted by Gasteiger charge is 1.95. The van der Waals surface area contributed by atoms with Crippen LogP contribution >= 0.6 is 0 Å². The minimum absolute atomic E-state index is 0.514. The molecule has 0 nitrogen and oxygen atoms in total. The van der Waals surface area contributed by atoms with E-state index in [-0.39, 0.29) is 0 Å². The first-order valence-corrected chi connectivity index (χ1v) is 8.44. The second kappa shape index (κ2) is 11.3. The molecule has 0 amide bonds. The molecule has 2 aromatic carbocycles. The second-order valence-electron chi connectivity index (χ2n) is 5.61. The predicted molar refractivity (Wildman–Crippen MR) is 103 cm³/mol. The van der Waals surface area contributed by atoms with Gasteiger partial charge in [0, 0.05) is 5.92 Å². The highest BCUT2D eigenvalue weighted by Crippen LogP contribution is 2.09. The number of rotatable bonds is 6. The minimum Gasteiger partial charge on any atom is -0.120 e. The molecule has 0 heteroatoms. The van der Waals surface area contributed by atoms with Gasteiger partial charge in [-0.3, -0.25) is 0 Å². The molecular weight excluding hydrogens is 276 g/mol. The van der Waals surface area contributed by atoms with Crippen LogP contribution in [0.1, 0.15) is 43.4 Å². The topological polar surface area (TPSA) is 0 Å². The zero-order valence-corrected chi connectivity index (χ0v) is 14.5. The Hall–Kier alpha value is -2.26. The summed E-state index contributed by atoms with van der Waals surface area (Å²) in [5, 5.41) is 0. The smallest absolute Gasteiger partial charge is 0.0195 e. The Morgan fingerprint density at radius 2 is 1.43 bits per heavy atom. The van der Waals surface area contributed by atoms with Gasteiger partial charge in [-0.25, -0.2) is 0 Å². The Morgan fingerprint density at radius 3 is 1.83 bits per heavy atom. The van der Waals surface area contributed by atoms with Crippen molar-refractivity contribution in [2.45, 2.75) is 39.5 Å².